The summed E-state index contributed by atoms with van der Waals surface area (Å²) in [4.78, 5) is 4.62. The van der Waals surface area contributed by atoms with Gasteiger partial charge in [-0.3, -0.25) is 4.98 Å². The van der Waals surface area contributed by atoms with Crippen LogP contribution in [-0.2, 0) is 19.3 Å². The molecule has 1 aromatic heterocycles. The van der Waals surface area contributed by atoms with Gasteiger partial charge in [-0.15, -0.1) is 0 Å². The molecule has 1 heterocycles. The first-order valence-corrected chi connectivity index (χ1v) is 9.04. The average Bonchev–Trinajstić information content (AvgIpc) is 2.68. The predicted octanol–water partition coefficient (Wildman–Crippen LogP) is 5.49. The summed E-state index contributed by atoms with van der Waals surface area (Å²) < 4.78 is 5.48. The zero-order valence-electron chi connectivity index (χ0n) is 15.0. The molecule has 3 rings (SSSR count). The number of rotatable bonds is 7. The van der Waals surface area contributed by atoms with Gasteiger partial charge in [0.1, 0.15) is 5.75 Å². The molecule has 0 bridgehead atoms. The lowest BCUT2D eigenvalue weighted by Gasteiger charge is -2.06. The van der Waals surface area contributed by atoms with Gasteiger partial charge >= 0.3 is 0 Å². The van der Waals surface area contributed by atoms with Crippen molar-refractivity contribution in [2.75, 3.05) is 6.61 Å². The van der Waals surface area contributed by atoms with Crippen molar-refractivity contribution in [1.29, 1.82) is 0 Å². The average molecular weight is 331 g/mol. The number of pyridine rings is 1. The van der Waals surface area contributed by atoms with Crippen molar-refractivity contribution in [3.05, 3.63) is 83.6 Å². The van der Waals surface area contributed by atoms with E-state index in [0.29, 0.717) is 6.61 Å². The van der Waals surface area contributed by atoms with Crippen LogP contribution < -0.4 is 4.74 Å². The third-order valence-corrected chi connectivity index (χ3v) is 4.42. The molecule has 128 valence electrons. The second-order valence-electron chi connectivity index (χ2n) is 6.18. The largest absolute Gasteiger partial charge is 0.494 e. The fourth-order valence-electron chi connectivity index (χ4n) is 2.86. The minimum atomic E-state index is 0.688. The van der Waals surface area contributed by atoms with Crippen LogP contribution in [0.15, 0.2) is 66.9 Å². The van der Waals surface area contributed by atoms with Gasteiger partial charge in [0.25, 0.3) is 0 Å². The molecular formula is C23H25NO. The molecule has 0 spiro atoms. The van der Waals surface area contributed by atoms with Gasteiger partial charge in [0.05, 0.1) is 12.3 Å². The molecule has 0 saturated heterocycles. The Bertz CT molecular complexity index is 774. The predicted molar refractivity (Wildman–Crippen MR) is 104 cm³/mol. The maximum atomic E-state index is 5.48. The maximum Gasteiger partial charge on any atom is 0.119 e. The molecule has 0 radical (unpaired) electrons. The van der Waals surface area contributed by atoms with E-state index in [-0.39, 0.29) is 0 Å². The van der Waals surface area contributed by atoms with Gasteiger partial charge in [-0.2, -0.15) is 0 Å². The molecule has 0 aliphatic rings. The molecule has 0 saturated carbocycles. The van der Waals surface area contributed by atoms with Crippen LogP contribution in [0.3, 0.4) is 0 Å². The zero-order chi connectivity index (χ0) is 17.5. The lowest BCUT2D eigenvalue weighted by Crippen LogP contribution is -1.94. The Morgan fingerprint density at radius 1 is 0.720 bits per heavy atom. The van der Waals surface area contributed by atoms with Crippen LogP contribution in [0.25, 0.3) is 11.3 Å². The van der Waals surface area contributed by atoms with Crippen molar-refractivity contribution in [3.8, 4) is 17.0 Å². The Morgan fingerprint density at radius 3 is 1.96 bits per heavy atom. The molecule has 2 aromatic carbocycles. The van der Waals surface area contributed by atoms with Crippen molar-refractivity contribution in [3.63, 3.8) is 0 Å². The highest BCUT2D eigenvalue weighted by atomic mass is 16.5. The van der Waals surface area contributed by atoms with E-state index in [1.807, 2.05) is 25.3 Å². The van der Waals surface area contributed by atoms with Crippen LogP contribution in [0.1, 0.15) is 30.5 Å². The normalized spacial score (nSPS) is 10.6. The second kappa shape index (κ2) is 8.48. The van der Waals surface area contributed by atoms with E-state index in [9.17, 15) is 0 Å². The summed E-state index contributed by atoms with van der Waals surface area (Å²) in [5, 5.41) is 0. The summed E-state index contributed by atoms with van der Waals surface area (Å²) in [7, 11) is 0. The standard InChI is InChI=1S/C23H25NO/c1-3-18-5-7-19(8-6-18)9-10-20-11-16-23(24-17-20)21-12-14-22(15-13-21)25-4-2/h5-8,11-17H,3-4,9-10H2,1-2H3. The highest BCUT2D eigenvalue weighted by Crippen LogP contribution is 2.21. The van der Waals surface area contributed by atoms with Crippen LogP contribution in [0.2, 0.25) is 0 Å². The van der Waals surface area contributed by atoms with E-state index in [0.717, 1.165) is 36.3 Å². The molecule has 0 N–H and O–H groups in total. The van der Waals surface area contributed by atoms with Crippen molar-refractivity contribution in [2.24, 2.45) is 0 Å². The summed E-state index contributed by atoms with van der Waals surface area (Å²) in [6.45, 7) is 4.87. The van der Waals surface area contributed by atoms with Gasteiger partial charge in [0.2, 0.25) is 0 Å². The third-order valence-electron chi connectivity index (χ3n) is 4.42. The molecule has 2 heteroatoms. The number of aryl methyl sites for hydroxylation is 3. The SMILES string of the molecule is CCOc1ccc(-c2ccc(CCc3ccc(CC)cc3)cn2)cc1. The smallest absolute Gasteiger partial charge is 0.119 e. The van der Waals surface area contributed by atoms with E-state index in [4.69, 9.17) is 4.74 Å². The Kier molecular flexibility index (Phi) is 5.84. The summed E-state index contributed by atoms with van der Waals surface area (Å²) in [6, 6.07) is 21.3. The first kappa shape index (κ1) is 17.2. The summed E-state index contributed by atoms with van der Waals surface area (Å²) in [6.07, 6.45) is 5.15. The molecule has 0 amide bonds. The molecule has 3 aromatic rings. The van der Waals surface area contributed by atoms with E-state index in [2.05, 4.69) is 60.4 Å². The molecule has 0 aliphatic heterocycles. The van der Waals surface area contributed by atoms with E-state index >= 15 is 0 Å². The molecule has 0 atom stereocenters. The number of aromatic nitrogens is 1. The van der Waals surface area contributed by atoms with Crippen LogP contribution in [0.5, 0.6) is 5.75 Å². The van der Waals surface area contributed by atoms with E-state index in [1.54, 1.807) is 0 Å². The molecule has 25 heavy (non-hydrogen) atoms. The Labute approximate surface area is 150 Å². The highest BCUT2D eigenvalue weighted by molar-refractivity contribution is 5.60. The summed E-state index contributed by atoms with van der Waals surface area (Å²) in [5.74, 6) is 0.900. The lowest BCUT2D eigenvalue weighted by molar-refractivity contribution is 0.340. The quantitative estimate of drug-likeness (QED) is 0.571. The Balaban J connectivity index is 1.61. The first-order valence-electron chi connectivity index (χ1n) is 9.04. The molecular weight excluding hydrogens is 306 g/mol. The molecule has 0 fully saturated rings. The molecule has 0 aliphatic carbocycles. The number of hydrogen-bond donors (Lipinski definition) is 0. The number of benzene rings is 2. The number of nitrogens with zero attached hydrogens (tertiary/aromatic N) is 1. The first-order chi connectivity index (χ1) is 12.3. The van der Waals surface area contributed by atoms with Gasteiger partial charge in [0.15, 0.2) is 0 Å². The topological polar surface area (TPSA) is 22.1 Å². The third kappa shape index (κ3) is 4.69. The fourth-order valence-corrected chi connectivity index (χ4v) is 2.86. The van der Waals surface area contributed by atoms with Crippen molar-refractivity contribution >= 4 is 0 Å². The number of hydrogen-bond acceptors (Lipinski definition) is 2. The fraction of sp³-hybridized carbons (Fsp3) is 0.261. The van der Waals surface area contributed by atoms with Crippen LogP contribution >= 0.6 is 0 Å². The highest BCUT2D eigenvalue weighted by Gasteiger charge is 2.02. The number of ether oxygens (including phenoxy) is 1. The minimum Gasteiger partial charge on any atom is -0.494 e. The summed E-state index contributed by atoms with van der Waals surface area (Å²) in [5.41, 5.74) is 6.16. The Morgan fingerprint density at radius 2 is 1.36 bits per heavy atom. The van der Waals surface area contributed by atoms with Crippen LogP contribution in [0, 0.1) is 0 Å². The van der Waals surface area contributed by atoms with Gasteiger partial charge in [0, 0.05) is 11.8 Å². The van der Waals surface area contributed by atoms with Gasteiger partial charge in [-0.25, -0.2) is 0 Å². The van der Waals surface area contributed by atoms with Crippen molar-refractivity contribution in [1.82, 2.24) is 4.98 Å². The van der Waals surface area contributed by atoms with Gasteiger partial charge < -0.3 is 4.74 Å². The van der Waals surface area contributed by atoms with Crippen molar-refractivity contribution < 1.29 is 4.74 Å². The van der Waals surface area contributed by atoms with E-state index < -0.39 is 0 Å². The van der Waals surface area contributed by atoms with E-state index in [1.165, 1.54) is 16.7 Å². The van der Waals surface area contributed by atoms with Gasteiger partial charge in [-0.1, -0.05) is 37.3 Å². The van der Waals surface area contributed by atoms with Crippen LogP contribution in [0.4, 0.5) is 0 Å². The van der Waals surface area contributed by atoms with Crippen molar-refractivity contribution in [2.45, 2.75) is 33.1 Å². The van der Waals surface area contributed by atoms with Gasteiger partial charge in [-0.05, 0) is 73.2 Å². The maximum absolute atomic E-state index is 5.48. The molecule has 0 unspecified atom stereocenters. The Hall–Kier alpha value is -2.61. The zero-order valence-corrected chi connectivity index (χ0v) is 15.0. The minimum absolute atomic E-state index is 0.688. The van der Waals surface area contributed by atoms with Crippen LogP contribution in [-0.4, -0.2) is 11.6 Å². The second-order valence-corrected chi connectivity index (χ2v) is 6.18. The summed E-state index contributed by atoms with van der Waals surface area (Å²) >= 11 is 0. The molecule has 2 nitrogen and oxygen atoms in total. The lowest BCUT2D eigenvalue weighted by atomic mass is 10.0. The monoisotopic (exact) mass is 331 g/mol.